The van der Waals surface area contributed by atoms with Crippen LogP contribution in [0.3, 0.4) is 0 Å². The van der Waals surface area contributed by atoms with Crippen LogP contribution in [0.15, 0.2) is 30.3 Å². The second-order valence-electron chi connectivity index (χ2n) is 7.46. The Balaban J connectivity index is 1.86. The molecule has 1 aliphatic rings. The first kappa shape index (κ1) is 19.1. The molecule has 2 amide bonds. The van der Waals surface area contributed by atoms with Gasteiger partial charge >= 0.3 is 12.2 Å². The number of alkyl carbamates (subject to hydrolysis) is 1. The third-order valence-corrected chi connectivity index (χ3v) is 4.04. The van der Waals surface area contributed by atoms with Gasteiger partial charge in [0.2, 0.25) is 0 Å². The van der Waals surface area contributed by atoms with Crippen molar-refractivity contribution in [2.45, 2.75) is 64.8 Å². The lowest BCUT2D eigenvalue weighted by atomic mass is 10.00. The molecule has 2 rings (SSSR count). The molecule has 1 heterocycles. The first-order valence-corrected chi connectivity index (χ1v) is 8.71. The Bertz CT molecular complexity index is 583. The van der Waals surface area contributed by atoms with Crippen LogP contribution < -0.4 is 5.32 Å². The number of hydrogen-bond acceptors (Lipinski definition) is 4. The highest BCUT2D eigenvalue weighted by molar-refractivity contribution is 5.70. The molecule has 1 fully saturated rings. The molecule has 0 bridgehead atoms. The van der Waals surface area contributed by atoms with E-state index in [1.807, 2.05) is 58.0 Å². The average Bonchev–Trinajstić information content (AvgIpc) is 2.53. The van der Waals surface area contributed by atoms with E-state index in [0.29, 0.717) is 6.54 Å². The van der Waals surface area contributed by atoms with E-state index in [9.17, 15) is 9.59 Å². The van der Waals surface area contributed by atoms with Crippen molar-refractivity contribution in [3.05, 3.63) is 35.9 Å². The van der Waals surface area contributed by atoms with E-state index in [2.05, 4.69) is 5.32 Å². The molecule has 1 saturated heterocycles. The van der Waals surface area contributed by atoms with Gasteiger partial charge in [-0.25, -0.2) is 9.59 Å². The Labute approximate surface area is 149 Å². The van der Waals surface area contributed by atoms with Gasteiger partial charge < -0.3 is 19.7 Å². The predicted molar refractivity (Wildman–Crippen MR) is 95.2 cm³/mol. The lowest BCUT2D eigenvalue weighted by Crippen LogP contribution is -2.53. The molecule has 0 aliphatic carbocycles. The molecule has 0 radical (unpaired) electrons. The van der Waals surface area contributed by atoms with Crippen molar-refractivity contribution in [1.29, 1.82) is 0 Å². The number of benzene rings is 1. The number of ether oxygens (including phenoxy) is 2. The van der Waals surface area contributed by atoms with Crippen LogP contribution in [0.1, 0.15) is 46.1 Å². The normalized spacial score (nSPS) is 20.7. The van der Waals surface area contributed by atoms with Crippen LogP contribution in [0.5, 0.6) is 0 Å². The first-order chi connectivity index (χ1) is 11.7. The number of piperidine rings is 1. The summed E-state index contributed by atoms with van der Waals surface area (Å²) >= 11 is 0. The number of amides is 2. The summed E-state index contributed by atoms with van der Waals surface area (Å²) in [6.45, 7) is 8.13. The van der Waals surface area contributed by atoms with Crippen molar-refractivity contribution >= 4 is 12.2 Å². The van der Waals surface area contributed by atoms with E-state index >= 15 is 0 Å². The third-order valence-electron chi connectivity index (χ3n) is 4.04. The van der Waals surface area contributed by atoms with Crippen LogP contribution >= 0.6 is 0 Å². The Kier molecular flexibility index (Phi) is 6.28. The van der Waals surface area contributed by atoms with Crippen LogP contribution in [-0.2, 0) is 16.1 Å². The number of rotatable bonds is 3. The number of nitrogens with one attached hydrogen (secondary N) is 1. The molecular weight excluding hydrogens is 320 g/mol. The van der Waals surface area contributed by atoms with Crippen LogP contribution in [0.4, 0.5) is 9.59 Å². The van der Waals surface area contributed by atoms with Crippen molar-refractivity contribution < 1.29 is 19.1 Å². The van der Waals surface area contributed by atoms with Crippen molar-refractivity contribution in [2.24, 2.45) is 0 Å². The molecule has 0 saturated carbocycles. The summed E-state index contributed by atoms with van der Waals surface area (Å²) in [7, 11) is 0. The van der Waals surface area contributed by atoms with Gasteiger partial charge in [0.05, 0.1) is 0 Å². The second-order valence-corrected chi connectivity index (χ2v) is 7.46. The molecule has 0 aromatic heterocycles. The lowest BCUT2D eigenvalue weighted by molar-refractivity contribution is 0.0402. The summed E-state index contributed by atoms with van der Waals surface area (Å²) in [6.07, 6.45) is 0.806. The number of likely N-dealkylation sites (tertiary alicyclic amines) is 1. The van der Waals surface area contributed by atoms with Crippen LogP contribution in [0, 0.1) is 0 Å². The second kappa shape index (κ2) is 8.23. The lowest BCUT2D eigenvalue weighted by Gasteiger charge is -2.37. The highest BCUT2D eigenvalue weighted by Crippen LogP contribution is 2.19. The minimum absolute atomic E-state index is 0.0833. The van der Waals surface area contributed by atoms with Gasteiger partial charge in [-0.05, 0) is 46.1 Å². The van der Waals surface area contributed by atoms with Crippen molar-refractivity contribution in [2.75, 3.05) is 6.54 Å². The summed E-state index contributed by atoms with van der Waals surface area (Å²) in [5, 5.41) is 2.84. The van der Waals surface area contributed by atoms with Crippen LogP contribution in [0.25, 0.3) is 0 Å². The number of nitrogens with zero attached hydrogens (tertiary/aromatic N) is 1. The molecule has 1 aliphatic heterocycles. The van der Waals surface area contributed by atoms with E-state index in [0.717, 1.165) is 18.4 Å². The van der Waals surface area contributed by atoms with Gasteiger partial charge in [-0.1, -0.05) is 30.3 Å². The Morgan fingerprint density at radius 2 is 1.88 bits per heavy atom. The molecule has 1 aromatic rings. The van der Waals surface area contributed by atoms with Gasteiger partial charge in [0, 0.05) is 18.6 Å². The molecular formula is C19H28N2O4. The predicted octanol–water partition coefficient (Wildman–Crippen LogP) is 3.70. The summed E-state index contributed by atoms with van der Waals surface area (Å²) in [5.74, 6) is 0. The fourth-order valence-electron chi connectivity index (χ4n) is 2.76. The standard InChI is InChI=1S/C19H28N2O4/c1-14-10-11-16(20-17(22)25-19(2,3)4)12-21(14)18(23)24-13-15-8-6-5-7-9-15/h5-9,14,16H,10-13H2,1-4H3,(H,20,22)/t14-,16-/m0/s1. The quantitative estimate of drug-likeness (QED) is 0.904. The number of hydrogen-bond donors (Lipinski definition) is 1. The van der Waals surface area contributed by atoms with Gasteiger partial charge in [0.15, 0.2) is 0 Å². The zero-order chi connectivity index (χ0) is 18.4. The maximum absolute atomic E-state index is 12.4. The smallest absolute Gasteiger partial charge is 0.410 e. The monoisotopic (exact) mass is 348 g/mol. The molecule has 1 aromatic carbocycles. The summed E-state index contributed by atoms with van der Waals surface area (Å²) in [4.78, 5) is 26.0. The topological polar surface area (TPSA) is 67.9 Å². The van der Waals surface area contributed by atoms with Crippen LogP contribution in [0.2, 0.25) is 0 Å². The van der Waals surface area contributed by atoms with Gasteiger partial charge in [-0.15, -0.1) is 0 Å². The summed E-state index contributed by atoms with van der Waals surface area (Å²) < 4.78 is 10.7. The molecule has 2 atom stereocenters. The zero-order valence-corrected chi connectivity index (χ0v) is 15.5. The van der Waals surface area contributed by atoms with E-state index < -0.39 is 11.7 Å². The van der Waals surface area contributed by atoms with Crippen molar-refractivity contribution in [3.63, 3.8) is 0 Å². The van der Waals surface area contributed by atoms with Gasteiger partial charge in [-0.3, -0.25) is 0 Å². The Morgan fingerprint density at radius 1 is 1.20 bits per heavy atom. The minimum Gasteiger partial charge on any atom is -0.445 e. The Hall–Kier alpha value is -2.24. The minimum atomic E-state index is -0.541. The fourth-order valence-corrected chi connectivity index (χ4v) is 2.76. The largest absolute Gasteiger partial charge is 0.445 e. The average molecular weight is 348 g/mol. The van der Waals surface area contributed by atoms with Gasteiger partial charge in [-0.2, -0.15) is 0 Å². The molecule has 1 N–H and O–H groups in total. The van der Waals surface area contributed by atoms with Gasteiger partial charge in [0.1, 0.15) is 12.2 Å². The zero-order valence-electron chi connectivity index (χ0n) is 15.5. The SMILES string of the molecule is C[C@H]1CC[C@H](NC(=O)OC(C)(C)C)CN1C(=O)OCc1ccccc1. The molecule has 6 heteroatoms. The third kappa shape index (κ3) is 6.29. The maximum Gasteiger partial charge on any atom is 0.410 e. The fraction of sp³-hybridized carbons (Fsp3) is 0.579. The maximum atomic E-state index is 12.4. The molecule has 6 nitrogen and oxygen atoms in total. The van der Waals surface area contributed by atoms with Gasteiger partial charge in [0.25, 0.3) is 0 Å². The van der Waals surface area contributed by atoms with Crippen molar-refractivity contribution in [3.8, 4) is 0 Å². The number of carbonyl (C=O) groups is 2. The van der Waals surface area contributed by atoms with Crippen LogP contribution in [-0.4, -0.2) is 41.3 Å². The summed E-state index contributed by atoms with van der Waals surface area (Å²) in [6, 6.07) is 9.53. The van der Waals surface area contributed by atoms with E-state index in [4.69, 9.17) is 9.47 Å². The molecule has 25 heavy (non-hydrogen) atoms. The highest BCUT2D eigenvalue weighted by Gasteiger charge is 2.31. The van der Waals surface area contributed by atoms with Crippen molar-refractivity contribution in [1.82, 2.24) is 10.2 Å². The Morgan fingerprint density at radius 3 is 2.52 bits per heavy atom. The first-order valence-electron chi connectivity index (χ1n) is 8.71. The van der Waals surface area contributed by atoms with E-state index in [1.54, 1.807) is 4.90 Å². The molecule has 0 spiro atoms. The van der Waals surface area contributed by atoms with E-state index in [1.165, 1.54) is 0 Å². The number of carbonyl (C=O) groups excluding carboxylic acids is 2. The van der Waals surface area contributed by atoms with E-state index in [-0.39, 0.29) is 24.8 Å². The molecule has 138 valence electrons. The summed E-state index contributed by atoms with van der Waals surface area (Å²) in [5.41, 5.74) is 0.407. The highest BCUT2D eigenvalue weighted by atomic mass is 16.6. The molecule has 0 unspecified atom stereocenters.